The molecule has 1 fully saturated rings. The molecule has 0 aromatic carbocycles. The zero-order chi connectivity index (χ0) is 56.5. The van der Waals surface area contributed by atoms with Crippen molar-refractivity contribution in [2.75, 3.05) is 13.2 Å². The van der Waals surface area contributed by atoms with Gasteiger partial charge in [0, 0.05) is 6.42 Å². The highest BCUT2D eigenvalue weighted by atomic mass is 16.7. The van der Waals surface area contributed by atoms with E-state index in [9.17, 15) is 30.3 Å². The molecule has 78 heavy (non-hydrogen) atoms. The van der Waals surface area contributed by atoms with Crippen molar-refractivity contribution in [2.45, 2.75) is 294 Å². The fourth-order valence-electron chi connectivity index (χ4n) is 9.34. The van der Waals surface area contributed by atoms with Crippen molar-refractivity contribution in [3.63, 3.8) is 0 Å². The molecule has 446 valence electrons. The van der Waals surface area contributed by atoms with E-state index in [0.717, 1.165) is 83.5 Å². The van der Waals surface area contributed by atoms with Gasteiger partial charge in [-0.25, -0.2) is 0 Å². The maximum atomic E-state index is 13.1. The summed E-state index contributed by atoms with van der Waals surface area (Å²) < 4.78 is 11.3. The third-order valence-electron chi connectivity index (χ3n) is 14.3. The molecular formula is C69H117NO8. The van der Waals surface area contributed by atoms with E-state index in [2.05, 4.69) is 129 Å². The van der Waals surface area contributed by atoms with E-state index in [1.807, 2.05) is 6.08 Å². The van der Waals surface area contributed by atoms with Crippen molar-refractivity contribution in [3.8, 4) is 0 Å². The Kier molecular flexibility index (Phi) is 52.9. The molecule has 0 bridgehead atoms. The molecule has 9 heteroatoms. The van der Waals surface area contributed by atoms with Gasteiger partial charge in [-0.2, -0.15) is 0 Å². The molecule has 7 unspecified atom stereocenters. The molecule has 1 rings (SSSR count). The quantitative estimate of drug-likeness (QED) is 0.0261. The number of hydrogen-bond donors (Lipinski definition) is 6. The summed E-state index contributed by atoms with van der Waals surface area (Å²) in [6.07, 6.45) is 78.5. The molecule has 9 nitrogen and oxygen atoms in total. The van der Waals surface area contributed by atoms with E-state index >= 15 is 0 Å². The van der Waals surface area contributed by atoms with Crippen LogP contribution in [0, 0.1) is 0 Å². The van der Waals surface area contributed by atoms with Gasteiger partial charge in [0.2, 0.25) is 5.91 Å². The van der Waals surface area contributed by atoms with Crippen LogP contribution in [-0.4, -0.2) is 87.5 Å². The Morgan fingerprint density at radius 3 is 1.17 bits per heavy atom. The lowest BCUT2D eigenvalue weighted by Gasteiger charge is -2.40. The molecule has 0 radical (unpaired) electrons. The molecule has 1 saturated heterocycles. The Hall–Kier alpha value is -3.41. The van der Waals surface area contributed by atoms with Crippen LogP contribution >= 0.6 is 0 Å². The number of aliphatic hydroxyl groups excluding tert-OH is 5. The van der Waals surface area contributed by atoms with Crippen LogP contribution in [-0.2, 0) is 14.3 Å². The van der Waals surface area contributed by atoms with Crippen LogP contribution < -0.4 is 5.32 Å². The molecular weight excluding hydrogens is 971 g/mol. The minimum absolute atomic E-state index is 0.219. The second-order valence-electron chi connectivity index (χ2n) is 21.5. The largest absolute Gasteiger partial charge is 0.394 e. The maximum Gasteiger partial charge on any atom is 0.220 e. The van der Waals surface area contributed by atoms with Crippen molar-refractivity contribution < 1.29 is 39.8 Å². The summed E-state index contributed by atoms with van der Waals surface area (Å²) >= 11 is 0. The van der Waals surface area contributed by atoms with Gasteiger partial charge in [-0.3, -0.25) is 4.79 Å². The highest BCUT2D eigenvalue weighted by molar-refractivity contribution is 5.76. The molecule has 0 aromatic rings. The Labute approximate surface area is 478 Å². The molecule has 1 heterocycles. The summed E-state index contributed by atoms with van der Waals surface area (Å²) in [6, 6.07) is -0.847. The number of amides is 1. The molecule has 0 aromatic heterocycles. The number of carbonyl (C=O) groups excluding carboxylic acids is 1. The first-order valence-electron chi connectivity index (χ1n) is 31.8. The zero-order valence-electron chi connectivity index (χ0n) is 49.6. The number of ether oxygens (including phenoxy) is 2. The van der Waals surface area contributed by atoms with Crippen molar-refractivity contribution >= 4 is 5.91 Å². The van der Waals surface area contributed by atoms with Crippen LogP contribution in [0.1, 0.15) is 251 Å². The first kappa shape index (κ1) is 72.6. The first-order valence-corrected chi connectivity index (χ1v) is 31.8. The van der Waals surface area contributed by atoms with Crippen LogP contribution in [0.15, 0.2) is 122 Å². The molecule has 1 aliphatic rings. The van der Waals surface area contributed by atoms with Crippen molar-refractivity contribution in [1.82, 2.24) is 5.32 Å². The Morgan fingerprint density at radius 1 is 0.449 bits per heavy atom. The standard InChI is InChI=1S/C69H117NO8/c1-3-5-7-9-11-13-15-17-19-21-23-25-27-29-31-32-33-35-37-39-41-43-45-47-49-51-53-55-57-59-65(73)70-62(61-77-69-68(76)67(75)66(74)64(60-71)78-69)63(72)58-56-54-52-50-48-46-44-42-40-38-36-34-30-28-26-24-22-20-18-16-14-12-10-8-6-4-2/h5,7,11,13,17,19,23,25,29,31,33,35,39,41,45,47,51,53,56,58,62-64,66-69,71-72,74-76H,3-4,6,8-10,12,14-16,18,20-22,24,26-28,30,32,34,36-38,40,42-44,46,48-50,52,54-55,57,59-61H2,1-2H3,(H,70,73)/b7-5-,13-11-,19-17-,25-23-,31-29-,35-33-,41-39-,47-45-,53-51-,58-56+. The van der Waals surface area contributed by atoms with Gasteiger partial charge < -0.3 is 40.3 Å². The average Bonchev–Trinajstić information content (AvgIpc) is 3.45. The van der Waals surface area contributed by atoms with E-state index in [1.54, 1.807) is 6.08 Å². The van der Waals surface area contributed by atoms with Crippen LogP contribution in [0.3, 0.4) is 0 Å². The predicted molar refractivity (Wildman–Crippen MR) is 331 cm³/mol. The lowest BCUT2D eigenvalue weighted by Crippen LogP contribution is -2.60. The van der Waals surface area contributed by atoms with E-state index < -0.39 is 49.5 Å². The lowest BCUT2D eigenvalue weighted by molar-refractivity contribution is -0.302. The highest BCUT2D eigenvalue weighted by Gasteiger charge is 2.44. The SMILES string of the molecule is CC/C=C\C/C=C\C/C=C\C/C=C\C/C=C\C/C=C\C/C=C\C/C=C\C/C=C\CCCC(=O)NC(COC1OC(CO)C(O)C(O)C1O)C(O)/C=C/CCCCCCCCCCCCCCCCCCCCCCCCCC. The summed E-state index contributed by atoms with van der Waals surface area (Å²) in [5.41, 5.74) is 0. The molecule has 1 aliphatic heterocycles. The molecule has 6 N–H and O–H groups in total. The summed E-state index contributed by atoms with van der Waals surface area (Å²) in [5, 5.41) is 54.6. The number of rotatable bonds is 53. The van der Waals surface area contributed by atoms with E-state index in [0.29, 0.717) is 6.42 Å². The molecule has 7 atom stereocenters. The topological polar surface area (TPSA) is 149 Å². The number of hydrogen-bond acceptors (Lipinski definition) is 8. The third kappa shape index (κ3) is 45.3. The van der Waals surface area contributed by atoms with Crippen LogP contribution in [0.5, 0.6) is 0 Å². The highest BCUT2D eigenvalue weighted by Crippen LogP contribution is 2.23. The van der Waals surface area contributed by atoms with E-state index in [-0.39, 0.29) is 18.9 Å². The van der Waals surface area contributed by atoms with Gasteiger partial charge in [-0.05, 0) is 83.5 Å². The van der Waals surface area contributed by atoms with Gasteiger partial charge in [0.25, 0.3) is 0 Å². The van der Waals surface area contributed by atoms with Crippen molar-refractivity contribution in [2.24, 2.45) is 0 Å². The molecule has 0 spiro atoms. The summed E-state index contributed by atoms with van der Waals surface area (Å²) in [5.74, 6) is -0.237. The van der Waals surface area contributed by atoms with Crippen LogP contribution in [0.2, 0.25) is 0 Å². The van der Waals surface area contributed by atoms with E-state index in [1.165, 1.54) is 141 Å². The van der Waals surface area contributed by atoms with Gasteiger partial charge in [0.1, 0.15) is 24.4 Å². The second kappa shape index (κ2) is 56.8. The minimum atomic E-state index is -1.59. The lowest BCUT2D eigenvalue weighted by atomic mass is 9.99. The number of carbonyl (C=O) groups is 1. The normalized spacial score (nSPS) is 19.5. The zero-order valence-corrected chi connectivity index (χ0v) is 49.6. The van der Waals surface area contributed by atoms with Gasteiger partial charge in [0.05, 0.1) is 25.4 Å². The average molecular weight is 1090 g/mol. The Bertz CT molecular complexity index is 1640. The maximum absolute atomic E-state index is 13.1. The van der Waals surface area contributed by atoms with Gasteiger partial charge >= 0.3 is 0 Å². The van der Waals surface area contributed by atoms with E-state index in [4.69, 9.17) is 9.47 Å². The summed E-state index contributed by atoms with van der Waals surface area (Å²) in [7, 11) is 0. The number of nitrogens with one attached hydrogen (secondary N) is 1. The monoisotopic (exact) mass is 1090 g/mol. The smallest absolute Gasteiger partial charge is 0.220 e. The number of aliphatic hydroxyl groups is 5. The summed E-state index contributed by atoms with van der Waals surface area (Å²) in [4.78, 5) is 13.1. The minimum Gasteiger partial charge on any atom is -0.394 e. The predicted octanol–water partition coefficient (Wildman–Crippen LogP) is 16.7. The molecule has 0 saturated carbocycles. The number of allylic oxidation sites excluding steroid dienone is 19. The third-order valence-corrected chi connectivity index (χ3v) is 14.3. The second-order valence-corrected chi connectivity index (χ2v) is 21.5. The van der Waals surface area contributed by atoms with Gasteiger partial charge in [0.15, 0.2) is 6.29 Å². The van der Waals surface area contributed by atoms with Crippen LogP contribution in [0.25, 0.3) is 0 Å². The number of unbranched alkanes of at least 4 members (excludes halogenated alkanes) is 25. The molecule has 1 amide bonds. The van der Waals surface area contributed by atoms with Crippen molar-refractivity contribution in [1.29, 1.82) is 0 Å². The van der Waals surface area contributed by atoms with Crippen LogP contribution in [0.4, 0.5) is 0 Å². The molecule has 0 aliphatic carbocycles. The fraction of sp³-hybridized carbons (Fsp3) is 0.696. The Balaban J connectivity index is 2.26. The van der Waals surface area contributed by atoms with Gasteiger partial charge in [-0.15, -0.1) is 0 Å². The Morgan fingerprint density at radius 2 is 0.795 bits per heavy atom. The van der Waals surface area contributed by atoms with Gasteiger partial charge in [-0.1, -0.05) is 283 Å². The first-order chi connectivity index (χ1) is 38.3. The van der Waals surface area contributed by atoms with Crippen molar-refractivity contribution in [3.05, 3.63) is 122 Å². The summed E-state index contributed by atoms with van der Waals surface area (Å²) in [6.45, 7) is 3.65. The fourth-order valence-corrected chi connectivity index (χ4v) is 9.34.